The van der Waals surface area contributed by atoms with Crippen LogP contribution in [0.4, 0.5) is 0 Å². The fraction of sp³-hybridized carbons (Fsp3) is 0.556. The average molecular weight is 236 g/mol. The summed E-state index contributed by atoms with van der Waals surface area (Å²) in [5, 5.41) is 3.78. The molecule has 76 valence electrons. The fourth-order valence-corrected chi connectivity index (χ4v) is 4.76. The second kappa shape index (κ2) is 8.91. The van der Waals surface area contributed by atoms with Crippen molar-refractivity contribution in [2.24, 2.45) is 0 Å². The highest BCUT2D eigenvalue weighted by molar-refractivity contribution is 8.79. The number of allylic oxidation sites excluding steroid dienone is 2. The molecule has 0 spiro atoms. The van der Waals surface area contributed by atoms with Gasteiger partial charge in [0.15, 0.2) is 0 Å². The smallest absolute Gasteiger partial charge is 0.0945 e. The van der Waals surface area contributed by atoms with Crippen LogP contribution >= 0.6 is 21.6 Å². The summed E-state index contributed by atoms with van der Waals surface area (Å²) in [4.78, 5) is 0. The van der Waals surface area contributed by atoms with Crippen molar-refractivity contribution in [2.75, 3.05) is 0 Å². The molecule has 0 rings (SSSR count). The third-order valence-corrected chi connectivity index (χ3v) is 6.24. The molecule has 0 radical (unpaired) electrons. The molecular weight excluding hydrogens is 220 g/mol. The van der Waals surface area contributed by atoms with Crippen LogP contribution in [-0.2, 0) is 10.8 Å². The molecular formula is C9H16OS3. The van der Waals surface area contributed by atoms with Crippen LogP contribution in [0.5, 0.6) is 0 Å². The van der Waals surface area contributed by atoms with Crippen molar-refractivity contribution in [1.82, 2.24) is 0 Å². The van der Waals surface area contributed by atoms with E-state index in [9.17, 15) is 4.21 Å². The molecule has 1 nitrogen and oxygen atoms in total. The summed E-state index contributed by atoms with van der Waals surface area (Å²) in [5.74, 6) is 0. The van der Waals surface area contributed by atoms with Gasteiger partial charge in [-0.25, -0.2) is 0 Å². The van der Waals surface area contributed by atoms with Crippen LogP contribution in [0, 0.1) is 0 Å². The van der Waals surface area contributed by atoms with E-state index in [4.69, 9.17) is 0 Å². The van der Waals surface area contributed by atoms with Gasteiger partial charge in [-0.2, -0.15) is 0 Å². The second-order valence-corrected chi connectivity index (χ2v) is 6.48. The lowest BCUT2D eigenvalue weighted by Gasteiger charge is -2.08. The Hall–Kier alpha value is 0.330. The minimum atomic E-state index is -0.834. The zero-order chi connectivity index (χ0) is 10.1. The van der Waals surface area contributed by atoms with Crippen molar-refractivity contribution in [2.45, 2.75) is 31.8 Å². The Bertz CT molecular complexity index is 199. The molecule has 0 saturated heterocycles. The van der Waals surface area contributed by atoms with Crippen LogP contribution < -0.4 is 0 Å². The summed E-state index contributed by atoms with van der Waals surface area (Å²) >= 11 is 0. The van der Waals surface area contributed by atoms with E-state index in [1.54, 1.807) is 27.0 Å². The Balaban J connectivity index is 3.94. The monoisotopic (exact) mass is 236 g/mol. The number of hydrogen-bond donors (Lipinski definition) is 0. The van der Waals surface area contributed by atoms with Crippen molar-refractivity contribution in [3.05, 3.63) is 23.0 Å². The van der Waals surface area contributed by atoms with Crippen LogP contribution in [0.2, 0.25) is 0 Å². The minimum absolute atomic E-state index is 0.206. The Morgan fingerprint density at radius 3 is 2.54 bits per heavy atom. The molecule has 0 N–H and O–H groups in total. The van der Waals surface area contributed by atoms with Gasteiger partial charge in [-0.05, 0) is 31.1 Å². The van der Waals surface area contributed by atoms with Crippen LogP contribution in [0.25, 0.3) is 0 Å². The maximum absolute atomic E-state index is 11.5. The molecule has 2 unspecified atom stereocenters. The first-order valence-electron chi connectivity index (χ1n) is 4.21. The molecule has 0 bridgehead atoms. The molecule has 0 heterocycles. The average Bonchev–Trinajstić information content (AvgIpc) is 2.13. The molecule has 0 fully saturated rings. The van der Waals surface area contributed by atoms with Crippen molar-refractivity contribution in [3.63, 3.8) is 0 Å². The first-order valence-corrected chi connectivity index (χ1v) is 7.77. The molecule has 0 aromatic carbocycles. The van der Waals surface area contributed by atoms with E-state index in [-0.39, 0.29) is 4.58 Å². The van der Waals surface area contributed by atoms with Gasteiger partial charge in [0.2, 0.25) is 0 Å². The summed E-state index contributed by atoms with van der Waals surface area (Å²) in [6.45, 7) is 5.95. The van der Waals surface area contributed by atoms with Gasteiger partial charge in [0.1, 0.15) is 0 Å². The molecule has 0 aliphatic rings. The van der Waals surface area contributed by atoms with Gasteiger partial charge in [-0.3, -0.25) is 4.21 Å². The number of rotatable bonds is 6. The predicted octanol–water partition coefficient (Wildman–Crippen LogP) is 3.92. The Labute approximate surface area is 91.3 Å². The molecule has 0 aromatic heterocycles. The van der Waals surface area contributed by atoms with Gasteiger partial charge in [0, 0.05) is 0 Å². The standard InChI is InChI=1S/C9H16OS3/c1-4-7-11-12-9(6-3)13(10)8-5-2/h4-5,7-9H,6H2,1-3H3. The molecule has 0 saturated carbocycles. The Kier molecular flexibility index (Phi) is 9.13. The molecule has 13 heavy (non-hydrogen) atoms. The van der Waals surface area contributed by atoms with E-state index < -0.39 is 10.8 Å². The third kappa shape index (κ3) is 6.41. The van der Waals surface area contributed by atoms with Gasteiger partial charge in [-0.15, -0.1) is 0 Å². The van der Waals surface area contributed by atoms with Crippen LogP contribution in [0.15, 0.2) is 23.0 Å². The summed E-state index contributed by atoms with van der Waals surface area (Å²) < 4.78 is 11.7. The quantitative estimate of drug-likeness (QED) is 0.651. The normalized spacial score (nSPS) is 16.8. The molecule has 4 heteroatoms. The van der Waals surface area contributed by atoms with Crippen molar-refractivity contribution >= 4 is 32.4 Å². The van der Waals surface area contributed by atoms with Crippen molar-refractivity contribution in [1.29, 1.82) is 0 Å². The van der Waals surface area contributed by atoms with E-state index >= 15 is 0 Å². The zero-order valence-electron chi connectivity index (χ0n) is 8.23. The first kappa shape index (κ1) is 13.3. The molecule has 2 atom stereocenters. The summed E-state index contributed by atoms with van der Waals surface area (Å²) in [7, 11) is 2.49. The van der Waals surface area contributed by atoms with Gasteiger partial charge >= 0.3 is 0 Å². The highest BCUT2D eigenvalue weighted by atomic mass is 33.1. The fourth-order valence-electron chi connectivity index (χ4n) is 0.642. The molecule has 0 aromatic rings. The summed E-state index contributed by atoms with van der Waals surface area (Å²) in [6, 6.07) is 0. The van der Waals surface area contributed by atoms with Crippen molar-refractivity contribution in [3.8, 4) is 0 Å². The van der Waals surface area contributed by atoms with E-state index in [0.717, 1.165) is 6.42 Å². The topological polar surface area (TPSA) is 17.1 Å². The molecule has 0 amide bonds. The van der Waals surface area contributed by atoms with Gasteiger partial charge in [0.25, 0.3) is 0 Å². The Morgan fingerprint density at radius 2 is 2.08 bits per heavy atom. The highest BCUT2D eigenvalue weighted by Gasteiger charge is 2.11. The lowest BCUT2D eigenvalue weighted by molar-refractivity contribution is 0.685. The predicted molar refractivity (Wildman–Crippen MR) is 67.0 cm³/mol. The van der Waals surface area contributed by atoms with Crippen LogP contribution in [0.3, 0.4) is 0 Å². The lowest BCUT2D eigenvalue weighted by atomic mass is 10.6. The maximum Gasteiger partial charge on any atom is 0.0945 e. The number of hydrogen-bond acceptors (Lipinski definition) is 3. The first-order chi connectivity index (χ1) is 6.26. The zero-order valence-corrected chi connectivity index (χ0v) is 10.7. The van der Waals surface area contributed by atoms with Crippen LogP contribution in [0.1, 0.15) is 27.2 Å². The molecule has 0 aliphatic heterocycles. The summed E-state index contributed by atoms with van der Waals surface area (Å²) in [5.41, 5.74) is 0. The van der Waals surface area contributed by atoms with Gasteiger partial charge < -0.3 is 0 Å². The van der Waals surface area contributed by atoms with Crippen molar-refractivity contribution < 1.29 is 4.21 Å². The maximum atomic E-state index is 11.5. The molecule has 0 aliphatic carbocycles. The van der Waals surface area contributed by atoms with Gasteiger partial charge in [-0.1, -0.05) is 40.7 Å². The van der Waals surface area contributed by atoms with E-state index in [0.29, 0.717) is 0 Å². The second-order valence-electron chi connectivity index (χ2n) is 2.30. The van der Waals surface area contributed by atoms with E-state index in [2.05, 4.69) is 6.92 Å². The highest BCUT2D eigenvalue weighted by Crippen LogP contribution is 2.31. The SMILES string of the molecule is CC=CSSC(CC)S(=O)C=CC. The van der Waals surface area contributed by atoms with Crippen LogP contribution in [-0.4, -0.2) is 8.79 Å². The minimum Gasteiger partial charge on any atom is -0.254 e. The van der Waals surface area contributed by atoms with E-state index in [1.807, 2.05) is 31.4 Å². The largest absolute Gasteiger partial charge is 0.254 e. The Morgan fingerprint density at radius 1 is 1.38 bits per heavy atom. The summed E-state index contributed by atoms with van der Waals surface area (Å²) in [6.07, 6.45) is 4.77. The van der Waals surface area contributed by atoms with E-state index in [1.165, 1.54) is 0 Å². The van der Waals surface area contributed by atoms with Gasteiger partial charge in [0.05, 0.1) is 15.4 Å². The lowest BCUT2D eigenvalue weighted by Crippen LogP contribution is -2.04. The third-order valence-electron chi connectivity index (χ3n) is 1.22.